The van der Waals surface area contributed by atoms with Crippen molar-refractivity contribution < 1.29 is 13.2 Å². The van der Waals surface area contributed by atoms with Crippen LogP contribution < -0.4 is 10.5 Å². The van der Waals surface area contributed by atoms with Crippen LogP contribution in [-0.4, -0.2) is 42.5 Å². The van der Waals surface area contributed by atoms with Crippen LogP contribution in [0.4, 0.5) is 19.0 Å². The lowest BCUT2D eigenvalue weighted by Gasteiger charge is -2.32. The second-order valence-electron chi connectivity index (χ2n) is 6.48. The fourth-order valence-electron chi connectivity index (χ4n) is 3.26. The summed E-state index contributed by atoms with van der Waals surface area (Å²) >= 11 is 0. The molecule has 0 amide bonds. The van der Waals surface area contributed by atoms with Crippen LogP contribution in [0.15, 0.2) is 35.5 Å². The molecule has 1 aliphatic rings. The summed E-state index contributed by atoms with van der Waals surface area (Å²) in [6.45, 7) is 1.86. The molecule has 27 heavy (non-hydrogen) atoms. The molecule has 11 heteroatoms. The SMILES string of the molecule is O=c1ccncn1CC1CCN(c2ccc3nnc(C(F)(F)F)n3n2)CC1. The first-order chi connectivity index (χ1) is 12.9. The lowest BCUT2D eigenvalue weighted by molar-refractivity contribution is -0.146. The summed E-state index contributed by atoms with van der Waals surface area (Å²) < 4.78 is 41.3. The third-order valence-corrected chi connectivity index (χ3v) is 4.69. The van der Waals surface area contributed by atoms with Crippen LogP contribution >= 0.6 is 0 Å². The average Bonchev–Trinajstić information content (AvgIpc) is 3.08. The minimum absolute atomic E-state index is 0.0527. The van der Waals surface area contributed by atoms with Crippen molar-refractivity contribution in [3.8, 4) is 0 Å². The van der Waals surface area contributed by atoms with E-state index in [1.54, 1.807) is 10.6 Å². The van der Waals surface area contributed by atoms with E-state index in [-0.39, 0.29) is 11.2 Å². The molecule has 142 valence electrons. The van der Waals surface area contributed by atoms with Crippen molar-refractivity contribution in [2.24, 2.45) is 5.92 Å². The number of hydrogen-bond acceptors (Lipinski definition) is 6. The van der Waals surface area contributed by atoms with Gasteiger partial charge in [0.05, 0.1) is 6.33 Å². The van der Waals surface area contributed by atoms with E-state index in [9.17, 15) is 18.0 Å². The maximum atomic E-state index is 13.0. The molecule has 4 rings (SSSR count). The normalized spacial score (nSPS) is 16.2. The summed E-state index contributed by atoms with van der Waals surface area (Å²) in [7, 11) is 0. The molecule has 0 saturated carbocycles. The Morgan fingerprint density at radius 1 is 1.11 bits per heavy atom. The first-order valence-corrected chi connectivity index (χ1v) is 8.47. The van der Waals surface area contributed by atoms with Gasteiger partial charge in [-0.3, -0.25) is 9.36 Å². The monoisotopic (exact) mass is 379 g/mol. The van der Waals surface area contributed by atoms with E-state index >= 15 is 0 Å². The van der Waals surface area contributed by atoms with Crippen molar-refractivity contribution >= 4 is 11.5 Å². The number of aromatic nitrogens is 6. The van der Waals surface area contributed by atoms with Crippen LogP contribution in [0.25, 0.3) is 5.65 Å². The van der Waals surface area contributed by atoms with E-state index < -0.39 is 12.0 Å². The van der Waals surface area contributed by atoms with Gasteiger partial charge in [-0.2, -0.15) is 17.7 Å². The topological polar surface area (TPSA) is 81.2 Å². The van der Waals surface area contributed by atoms with Gasteiger partial charge in [0.25, 0.3) is 11.4 Å². The summed E-state index contributed by atoms with van der Waals surface area (Å²) in [6, 6.07) is 4.55. The molecule has 0 spiro atoms. The number of anilines is 1. The third-order valence-electron chi connectivity index (χ3n) is 4.69. The number of nitrogens with zero attached hydrogens (tertiary/aromatic N) is 7. The predicted molar refractivity (Wildman–Crippen MR) is 89.2 cm³/mol. The van der Waals surface area contributed by atoms with Crippen LogP contribution in [0.3, 0.4) is 0 Å². The quantitative estimate of drug-likeness (QED) is 0.688. The van der Waals surface area contributed by atoms with E-state index in [4.69, 9.17) is 0 Å². The van der Waals surface area contributed by atoms with Crippen LogP contribution in [-0.2, 0) is 12.7 Å². The van der Waals surface area contributed by atoms with E-state index in [1.165, 1.54) is 24.7 Å². The Bertz CT molecular complexity index is 1000. The Morgan fingerprint density at radius 3 is 2.59 bits per heavy atom. The number of halogens is 3. The van der Waals surface area contributed by atoms with Crippen LogP contribution in [0, 0.1) is 5.92 Å². The molecule has 1 fully saturated rings. The Hall–Kier alpha value is -2.98. The Labute approximate surface area is 151 Å². The minimum atomic E-state index is -4.62. The van der Waals surface area contributed by atoms with Crippen molar-refractivity contribution in [1.29, 1.82) is 0 Å². The molecule has 8 nitrogen and oxygen atoms in total. The summed E-state index contributed by atoms with van der Waals surface area (Å²) in [5, 5.41) is 10.8. The highest BCUT2D eigenvalue weighted by Gasteiger charge is 2.37. The van der Waals surface area contributed by atoms with Crippen molar-refractivity contribution in [3.05, 3.63) is 46.9 Å². The number of alkyl halides is 3. The van der Waals surface area contributed by atoms with Crippen molar-refractivity contribution in [1.82, 2.24) is 29.4 Å². The number of rotatable bonds is 3. The molecule has 4 heterocycles. The highest BCUT2D eigenvalue weighted by molar-refractivity contribution is 5.46. The maximum absolute atomic E-state index is 13.0. The summed E-state index contributed by atoms with van der Waals surface area (Å²) in [6.07, 6.45) is -0.0297. The fourth-order valence-corrected chi connectivity index (χ4v) is 3.26. The molecule has 0 radical (unpaired) electrons. The van der Waals surface area contributed by atoms with Gasteiger partial charge >= 0.3 is 6.18 Å². The van der Waals surface area contributed by atoms with Gasteiger partial charge in [0.15, 0.2) is 5.65 Å². The lowest BCUT2D eigenvalue weighted by Crippen LogP contribution is -2.37. The fraction of sp³-hybridized carbons (Fsp3) is 0.438. The molecule has 0 aliphatic carbocycles. The molecule has 0 unspecified atom stereocenters. The number of hydrogen-bond donors (Lipinski definition) is 0. The second kappa shape index (κ2) is 6.63. The highest BCUT2D eigenvalue weighted by atomic mass is 19.4. The summed E-state index contributed by atoms with van der Waals surface area (Å²) in [5.41, 5.74) is -0.0382. The molecular weight excluding hydrogens is 363 g/mol. The van der Waals surface area contributed by atoms with Gasteiger partial charge in [-0.15, -0.1) is 15.3 Å². The third kappa shape index (κ3) is 3.49. The molecule has 3 aromatic heterocycles. The molecule has 1 saturated heterocycles. The standard InChI is InChI=1S/C16H16F3N7O/c17-16(18,19)15-22-21-12-1-2-13(23-26(12)15)24-7-4-11(5-8-24)9-25-10-20-6-3-14(25)27/h1-3,6,10-11H,4-5,7-9H2. The van der Waals surface area contributed by atoms with Gasteiger partial charge in [0.2, 0.25) is 0 Å². The van der Waals surface area contributed by atoms with Crippen molar-refractivity contribution in [2.75, 3.05) is 18.0 Å². The molecule has 0 atom stereocenters. The van der Waals surface area contributed by atoms with Gasteiger partial charge in [-0.25, -0.2) is 4.98 Å². The average molecular weight is 379 g/mol. The van der Waals surface area contributed by atoms with Gasteiger partial charge in [-0.1, -0.05) is 0 Å². The molecular formula is C16H16F3N7O. The van der Waals surface area contributed by atoms with Crippen molar-refractivity contribution in [2.45, 2.75) is 25.6 Å². The minimum Gasteiger partial charge on any atom is -0.355 e. The summed E-state index contributed by atoms with van der Waals surface area (Å²) in [5.74, 6) is -0.387. The Balaban J connectivity index is 1.48. The first kappa shape index (κ1) is 17.4. The first-order valence-electron chi connectivity index (χ1n) is 8.47. The second-order valence-corrected chi connectivity index (χ2v) is 6.48. The number of piperidine rings is 1. The maximum Gasteiger partial charge on any atom is 0.453 e. The van der Waals surface area contributed by atoms with Gasteiger partial charge in [-0.05, 0) is 30.9 Å². The van der Waals surface area contributed by atoms with Crippen LogP contribution in [0.2, 0.25) is 0 Å². The van der Waals surface area contributed by atoms with E-state index in [2.05, 4.69) is 20.3 Å². The highest BCUT2D eigenvalue weighted by Crippen LogP contribution is 2.28. The van der Waals surface area contributed by atoms with Crippen LogP contribution in [0.5, 0.6) is 0 Å². The zero-order chi connectivity index (χ0) is 19.0. The zero-order valence-electron chi connectivity index (χ0n) is 14.2. The molecule has 0 bridgehead atoms. The van der Waals surface area contributed by atoms with Crippen LogP contribution in [0.1, 0.15) is 18.7 Å². The molecule has 0 N–H and O–H groups in total. The summed E-state index contributed by atoms with van der Waals surface area (Å²) in [4.78, 5) is 17.7. The molecule has 0 aromatic carbocycles. The Kier molecular flexibility index (Phi) is 4.28. The Morgan fingerprint density at radius 2 is 1.89 bits per heavy atom. The largest absolute Gasteiger partial charge is 0.453 e. The lowest BCUT2D eigenvalue weighted by atomic mass is 9.96. The molecule has 3 aromatic rings. The zero-order valence-corrected chi connectivity index (χ0v) is 14.2. The predicted octanol–water partition coefficient (Wildman–Crippen LogP) is 1.62. The van der Waals surface area contributed by atoms with Gasteiger partial charge in [0, 0.05) is 31.9 Å². The number of fused-ring (bicyclic) bond motifs is 1. The van der Waals surface area contributed by atoms with E-state index in [1.807, 2.05) is 4.90 Å². The van der Waals surface area contributed by atoms with Gasteiger partial charge in [0.1, 0.15) is 5.82 Å². The van der Waals surface area contributed by atoms with Crippen molar-refractivity contribution in [3.63, 3.8) is 0 Å². The smallest absolute Gasteiger partial charge is 0.355 e. The molecule has 1 aliphatic heterocycles. The van der Waals surface area contributed by atoms with E-state index in [0.717, 1.165) is 17.4 Å². The van der Waals surface area contributed by atoms with E-state index in [0.29, 0.717) is 31.4 Å². The van der Waals surface area contributed by atoms with Gasteiger partial charge < -0.3 is 4.90 Å².